The lowest BCUT2D eigenvalue weighted by Crippen LogP contribution is -1.85. The van der Waals surface area contributed by atoms with Crippen molar-refractivity contribution in [2.24, 2.45) is 4.99 Å². The standard InChI is InChI=1S/C7H9N3/c1-3-8-7-5-6-9-10(7)4-2/h3-6H,2H2,1H3/b8-3-. The van der Waals surface area contributed by atoms with Crippen molar-refractivity contribution in [1.82, 2.24) is 9.78 Å². The molecule has 0 N–H and O–H groups in total. The summed E-state index contributed by atoms with van der Waals surface area (Å²) in [5.41, 5.74) is 0. The van der Waals surface area contributed by atoms with E-state index in [1.54, 1.807) is 23.3 Å². The molecular formula is C7H9N3. The zero-order valence-corrected chi connectivity index (χ0v) is 5.86. The zero-order valence-electron chi connectivity index (χ0n) is 5.86. The first kappa shape index (κ1) is 6.74. The molecule has 0 fully saturated rings. The van der Waals surface area contributed by atoms with E-state index in [4.69, 9.17) is 0 Å². The van der Waals surface area contributed by atoms with Gasteiger partial charge in [0.05, 0.1) is 6.20 Å². The number of nitrogens with zero attached hydrogens (tertiary/aromatic N) is 3. The van der Waals surface area contributed by atoms with Crippen molar-refractivity contribution in [3.05, 3.63) is 18.8 Å². The highest BCUT2D eigenvalue weighted by Gasteiger charge is 1.91. The molecule has 0 atom stereocenters. The molecule has 0 saturated heterocycles. The minimum atomic E-state index is 0.803. The Morgan fingerprint density at radius 3 is 3.20 bits per heavy atom. The van der Waals surface area contributed by atoms with Crippen LogP contribution in [0.25, 0.3) is 6.20 Å². The van der Waals surface area contributed by atoms with Gasteiger partial charge in [0.1, 0.15) is 0 Å². The molecule has 3 nitrogen and oxygen atoms in total. The maximum Gasteiger partial charge on any atom is 0.154 e. The second-order valence-corrected chi connectivity index (χ2v) is 1.70. The first-order valence-electron chi connectivity index (χ1n) is 3.03. The molecule has 52 valence electrons. The van der Waals surface area contributed by atoms with Crippen LogP contribution < -0.4 is 0 Å². The van der Waals surface area contributed by atoms with Crippen molar-refractivity contribution in [2.75, 3.05) is 0 Å². The van der Waals surface area contributed by atoms with Crippen LogP contribution >= 0.6 is 0 Å². The monoisotopic (exact) mass is 135 g/mol. The van der Waals surface area contributed by atoms with Gasteiger partial charge in [-0.15, -0.1) is 0 Å². The van der Waals surface area contributed by atoms with Gasteiger partial charge in [-0.2, -0.15) is 5.10 Å². The van der Waals surface area contributed by atoms with Crippen LogP contribution in [0.3, 0.4) is 0 Å². The van der Waals surface area contributed by atoms with Gasteiger partial charge in [0.25, 0.3) is 0 Å². The molecule has 0 bridgehead atoms. The highest BCUT2D eigenvalue weighted by molar-refractivity contribution is 5.59. The van der Waals surface area contributed by atoms with Gasteiger partial charge >= 0.3 is 0 Å². The largest absolute Gasteiger partial charge is 0.242 e. The minimum Gasteiger partial charge on any atom is -0.242 e. The number of hydrogen-bond donors (Lipinski definition) is 0. The molecule has 1 rings (SSSR count). The average Bonchev–Trinajstić information content (AvgIpc) is 2.36. The van der Waals surface area contributed by atoms with E-state index in [9.17, 15) is 0 Å². The number of rotatable bonds is 2. The fourth-order valence-corrected chi connectivity index (χ4v) is 0.682. The normalized spacial score (nSPS) is 10.5. The van der Waals surface area contributed by atoms with Crippen molar-refractivity contribution in [2.45, 2.75) is 6.92 Å². The fourth-order valence-electron chi connectivity index (χ4n) is 0.682. The van der Waals surface area contributed by atoms with Crippen molar-refractivity contribution in [1.29, 1.82) is 0 Å². The van der Waals surface area contributed by atoms with Crippen LogP contribution in [0, 0.1) is 0 Å². The second-order valence-electron chi connectivity index (χ2n) is 1.70. The third-order valence-corrected chi connectivity index (χ3v) is 1.08. The minimum absolute atomic E-state index is 0.803. The molecule has 0 amide bonds. The molecular weight excluding hydrogens is 126 g/mol. The Bertz CT molecular complexity index is 247. The summed E-state index contributed by atoms with van der Waals surface area (Å²) < 4.78 is 1.61. The molecule has 0 aliphatic carbocycles. The van der Waals surface area contributed by atoms with Crippen LogP contribution in [0.5, 0.6) is 0 Å². The van der Waals surface area contributed by atoms with Gasteiger partial charge in [0.15, 0.2) is 5.82 Å². The average molecular weight is 135 g/mol. The first-order valence-corrected chi connectivity index (χ1v) is 3.03. The van der Waals surface area contributed by atoms with E-state index in [2.05, 4.69) is 16.7 Å². The zero-order chi connectivity index (χ0) is 7.40. The van der Waals surface area contributed by atoms with Gasteiger partial charge in [-0.25, -0.2) is 9.67 Å². The van der Waals surface area contributed by atoms with Crippen LogP contribution in [0.2, 0.25) is 0 Å². The molecule has 0 aromatic carbocycles. The Labute approximate surface area is 59.7 Å². The Kier molecular flexibility index (Phi) is 1.99. The van der Waals surface area contributed by atoms with Gasteiger partial charge in [0.2, 0.25) is 0 Å². The van der Waals surface area contributed by atoms with Crippen LogP contribution in [0.15, 0.2) is 23.8 Å². The predicted octanol–water partition coefficient (Wildman–Crippen LogP) is 1.71. The van der Waals surface area contributed by atoms with E-state index >= 15 is 0 Å². The summed E-state index contributed by atoms with van der Waals surface area (Å²) >= 11 is 0. The third kappa shape index (κ3) is 1.13. The third-order valence-electron chi connectivity index (χ3n) is 1.08. The van der Waals surface area contributed by atoms with Crippen molar-refractivity contribution < 1.29 is 0 Å². The van der Waals surface area contributed by atoms with Crippen molar-refractivity contribution in [3.63, 3.8) is 0 Å². The van der Waals surface area contributed by atoms with E-state index in [1.807, 2.05) is 13.0 Å². The summed E-state index contributed by atoms with van der Waals surface area (Å²) in [6, 6.07) is 1.82. The summed E-state index contributed by atoms with van der Waals surface area (Å²) in [4.78, 5) is 4.04. The van der Waals surface area contributed by atoms with Gasteiger partial charge in [-0.05, 0) is 6.92 Å². The molecule has 0 aliphatic heterocycles. The molecule has 1 aromatic heterocycles. The number of aliphatic imine (C=N–C) groups is 1. The van der Waals surface area contributed by atoms with Crippen LogP contribution in [-0.2, 0) is 0 Å². The van der Waals surface area contributed by atoms with Gasteiger partial charge < -0.3 is 0 Å². The molecule has 0 aliphatic rings. The summed E-state index contributed by atoms with van der Waals surface area (Å²) in [5, 5.41) is 3.94. The summed E-state index contributed by atoms with van der Waals surface area (Å²) in [6.45, 7) is 5.43. The molecule has 0 spiro atoms. The first-order chi connectivity index (χ1) is 4.88. The van der Waals surface area contributed by atoms with Crippen molar-refractivity contribution in [3.8, 4) is 0 Å². The van der Waals surface area contributed by atoms with Crippen LogP contribution in [-0.4, -0.2) is 16.0 Å². The highest BCUT2D eigenvalue weighted by atomic mass is 15.3. The van der Waals surface area contributed by atoms with Crippen LogP contribution in [0.4, 0.5) is 5.82 Å². The molecule has 3 heteroatoms. The maximum absolute atomic E-state index is 4.04. The lowest BCUT2D eigenvalue weighted by atomic mass is 10.6. The smallest absolute Gasteiger partial charge is 0.154 e. The topological polar surface area (TPSA) is 30.2 Å². The summed E-state index contributed by atoms with van der Waals surface area (Å²) in [6.07, 6.45) is 5.02. The molecule has 10 heavy (non-hydrogen) atoms. The van der Waals surface area contributed by atoms with Gasteiger partial charge in [0, 0.05) is 18.5 Å². The van der Waals surface area contributed by atoms with Crippen molar-refractivity contribution >= 4 is 18.2 Å². The van der Waals surface area contributed by atoms with Gasteiger partial charge in [-0.1, -0.05) is 6.58 Å². The van der Waals surface area contributed by atoms with Gasteiger partial charge in [-0.3, -0.25) is 0 Å². The van der Waals surface area contributed by atoms with E-state index in [1.165, 1.54) is 0 Å². The Hall–Kier alpha value is -1.38. The molecule has 0 radical (unpaired) electrons. The summed E-state index contributed by atoms with van der Waals surface area (Å²) in [7, 11) is 0. The SMILES string of the molecule is C=Cn1nccc1/N=C\C. The Morgan fingerprint density at radius 1 is 1.80 bits per heavy atom. The van der Waals surface area contributed by atoms with E-state index < -0.39 is 0 Å². The Morgan fingerprint density at radius 2 is 2.60 bits per heavy atom. The number of aromatic nitrogens is 2. The predicted molar refractivity (Wildman–Crippen MR) is 42.4 cm³/mol. The fraction of sp³-hybridized carbons (Fsp3) is 0.143. The summed E-state index contributed by atoms with van der Waals surface area (Å²) in [5.74, 6) is 0.803. The lowest BCUT2D eigenvalue weighted by Gasteiger charge is -1.91. The van der Waals surface area contributed by atoms with E-state index in [-0.39, 0.29) is 0 Å². The Balaban J connectivity index is 3.00. The quantitative estimate of drug-likeness (QED) is 0.568. The van der Waals surface area contributed by atoms with E-state index in [0.717, 1.165) is 5.82 Å². The second kappa shape index (κ2) is 2.96. The molecule has 1 heterocycles. The highest BCUT2D eigenvalue weighted by Crippen LogP contribution is 2.08. The molecule has 0 unspecified atom stereocenters. The molecule has 0 saturated carbocycles. The molecule has 1 aromatic rings. The number of hydrogen-bond acceptors (Lipinski definition) is 2. The van der Waals surface area contributed by atoms with E-state index in [0.29, 0.717) is 0 Å². The maximum atomic E-state index is 4.04. The lowest BCUT2D eigenvalue weighted by molar-refractivity contribution is 0.935. The van der Waals surface area contributed by atoms with Crippen LogP contribution in [0.1, 0.15) is 6.92 Å².